The summed E-state index contributed by atoms with van der Waals surface area (Å²) < 4.78 is 11.9. The summed E-state index contributed by atoms with van der Waals surface area (Å²) in [5.41, 5.74) is -0.408. The summed E-state index contributed by atoms with van der Waals surface area (Å²) in [5.74, 6) is -0.386. The van der Waals surface area contributed by atoms with E-state index in [2.05, 4.69) is 26.1 Å². The number of nitrogens with zero attached hydrogens (tertiary/aromatic N) is 2. The second-order valence-electron chi connectivity index (χ2n) is 6.53. The Balaban J connectivity index is 1.55. The number of carbonyl (C=O) groups is 1. The zero-order valence-electron chi connectivity index (χ0n) is 15.7. The number of aromatic nitrogens is 2. The molecule has 0 amide bonds. The molecule has 0 saturated carbocycles. The third kappa shape index (κ3) is 4.03. The highest BCUT2D eigenvalue weighted by Crippen LogP contribution is 2.31. The minimum atomic E-state index is -1.96. The van der Waals surface area contributed by atoms with Crippen LogP contribution in [0.3, 0.4) is 0 Å². The van der Waals surface area contributed by atoms with Gasteiger partial charge in [0.25, 0.3) is 5.89 Å². The van der Waals surface area contributed by atoms with E-state index >= 15 is 0 Å². The van der Waals surface area contributed by atoms with Crippen LogP contribution in [0, 0.1) is 0 Å². The Hall–Kier alpha value is -3.29. The van der Waals surface area contributed by atoms with Gasteiger partial charge in [-0.3, -0.25) is 0 Å². The average molecular weight is 465 g/mol. The topological polar surface area (TPSA) is 85.5 Å². The van der Waals surface area contributed by atoms with Gasteiger partial charge in [-0.1, -0.05) is 76.6 Å². The fourth-order valence-corrected chi connectivity index (χ4v) is 3.28. The molecular weight excluding hydrogens is 448 g/mol. The normalized spacial score (nSPS) is 11.3. The van der Waals surface area contributed by atoms with Crippen LogP contribution in [0.4, 0.5) is 0 Å². The van der Waals surface area contributed by atoms with Crippen molar-refractivity contribution < 1.29 is 19.1 Å². The fraction of sp³-hybridized carbons (Fsp3) is 0.0870. The van der Waals surface area contributed by atoms with Crippen molar-refractivity contribution in [2.24, 2.45) is 0 Å². The van der Waals surface area contributed by atoms with Crippen LogP contribution in [0.25, 0.3) is 11.5 Å². The van der Waals surface area contributed by atoms with Crippen molar-refractivity contribution in [2.45, 2.75) is 12.2 Å². The summed E-state index contributed by atoms with van der Waals surface area (Å²) in [7, 11) is 0. The maximum atomic E-state index is 13.0. The number of carbonyl (C=O) groups excluding carboxylic acids is 1. The van der Waals surface area contributed by atoms with Crippen LogP contribution in [0.1, 0.15) is 17.0 Å². The van der Waals surface area contributed by atoms with Gasteiger partial charge >= 0.3 is 5.97 Å². The molecule has 0 aliphatic rings. The smallest absolute Gasteiger partial charge is 0.348 e. The summed E-state index contributed by atoms with van der Waals surface area (Å²) in [5, 5.41) is 19.3. The molecule has 0 saturated heterocycles. The SMILES string of the molecule is O=C(OCc1nnc(-c2ccc(Br)cc2)o1)C(O)(c1ccccc1)c1ccccc1. The number of ether oxygens (including phenoxy) is 1. The van der Waals surface area contributed by atoms with E-state index in [-0.39, 0.29) is 12.5 Å². The number of hydrogen-bond acceptors (Lipinski definition) is 6. The van der Waals surface area contributed by atoms with E-state index in [0.29, 0.717) is 17.0 Å². The van der Waals surface area contributed by atoms with Crippen LogP contribution in [0.5, 0.6) is 0 Å². The minimum Gasteiger partial charge on any atom is -0.453 e. The van der Waals surface area contributed by atoms with Crippen LogP contribution in [0.2, 0.25) is 0 Å². The van der Waals surface area contributed by atoms with Crippen LogP contribution in [-0.4, -0.2) is 21.3 Å². The van der Waals surface area contributed by atoms with Gasteiger partial charge in [0.05, 0.1) is 0 Å². The summed E-state index contributed by atoms with van der Waals surface area (Å²) in [6.45, 7) is -0.260. The van der Waals surface area contributed by atoms with Crippen LogP contribution in [0.15, 0.2) is 93.8 Å². The van der Waals surface area contributed by atoms with Crippen molar-refractivity contribution in [1.29, 1.82) is 0 Å². The molecule has 0 atom stereocenters. The lowest BCUT2D eigenvalue weighted by atomic mass is 9.86. The molecule has 1 heterocycles. The second-order valence-corrected chi connectivity index (χ2v) is 7.44. The minimum absolute atomic E-state index is 0.129. The Labute approximate surface area is 181 Å². The van der Waals surface area contributed by atoms with Crippen LogP contribution >= 0.6 is 15.9 Å². The lowest BCUT2D eigenvalue weighted by molar-refractivity contribution is -0.164. The first-order valence-corrected chi connectivity index (χ1v) is 9.95. The summed E-state index contributed by atoms with van der Waals surface area (Å²) in [6, 6.07) is 24.7. The second kappa shape index (κ2) is 8.61. The third-order valence-electron chi connectivity index (χ3n) is 4.56. The molecule has 4 aromatic rings. The number of benzene rings is 3. The average Bonchev–Trinajstić information content (AvgIpc) is 3.27. The van der Waals surface area contributed by atoms with Gasteiger partial charge in [-0.25, -0.2) is 4.79 Å². The van der Waals surface area contributed by atoms with Crippen molar-refractivity contribution in [3.8, 4) is 11.5 Å². The van der Waals surface area contributed by atoms with E-state index in [4.69, 9.17) is 9.15 Å². The maximum Gasteiger partial charge on any atom is 0.348 e. The van der Waals surface area contributed by atoms with Crippen LogP contribution < -0.4 is 0 Å². The van der Waals surface area contributed by atoms with Crippen molar-refractivity contribution >= 4 is 21.9 Å². The van der Waals surface area contributed by atoms with Gasteiger partial charge in [0.15, 0.2) is 6.61 Å². The molecule has 0 aliphatic heterocycles. The maximum absolute atomic E-state index is 13.0. The van der Waals surface area contributed by atoms with E-state index in [1.165, 1.54) is 0 Å². The molecule has 6 nitrogen and oxygen atoms in total. The zero-order chi connectivity index (χ0) is 21.0. The standard InChI is InChI=1S/C23H17BrN2O4/c24-19-13-11-16(12-14-19)21-26-25-20(30-21)15-29-22(27)23(28,17-7-3-1-4-8-17)18-9-5-2-6-10-18/h1-14,28H,15H2. The van der Waals surface area contributed by atoms with Gasteiger partial charge in [0.2, 0.25) is 11.5 Å². The molecule has 0 bridgehead atoms. The largest absolute Gasteiger partial charge is 0.453 e. The van der Waals surface area contributed by atoms with Crippen LogP contribution in [-0.2, 0) is 21.7 Å². The third-order valence-corrected chi connectivity index (χ3v) is 5.09. The molecule has 1 N–H and O–H groups in total. The van der Waals surface area contributed by atoms with Gasteiger partial charge in [0, 0.05) is 10.0 Å². The molecule has 4 rings (SSSR count). The number of rotatable bonds is 6. The Morgan fingerprint density at radius 2 is 1.47 bits per heavy atom. The number of halogens is 1. The van der Waals surface area contributed by atoms with E-state index in [9.17, 15) is 9.90 Å². The first-order chi connectivity index (χ1) is 14.6. The first-order valence-electron chi connectivity index (χ1n) is 9.16. The van der Waals surface area contributed by atoms with Crippen molar-refractivity contribution in [1.82, 2.24) is 10.2 Å². The Kier molecular flexibility index (Phi) is 5.74. The lowest BCUT2D eigenvalue weighted by Gasteiger charge is -2.26. The summed E-state index contributed by atoms with van der Waals surface area (Å²) in [6.07, 6.45) is 0. The highest BCUT2D eigenvalue weighted by atomic mass is 79.9. The molecule has 7 heteroatoms. The molecule has 0 unspecified atom stereocenters. The predicted molar refractivity (Wildman–Crippen MR) is 113 cm³/mol. The van der Waals surface area contributed by atoms with E-state index < -0.39 is 11.6 Å². The molecule has 0 radical (unpaired) electrons. The van der Waals surface area contributed by atoms with E-state index in [1.54, 1.807) is 48.5 Å². The van der Waals surface area contributed by atoms with Crippen molar-refractivity contribution in [3.05, 3.63) is 106 Å². The van der Waals surface area contributed by atoms with E-state index in [1.807, 2.05) is 36.4 Å². The Morgan fingerprint density at radius 3 is 2.03 bits per heavy atom. The van der Waals surface area contributed by atoms with Crippen molar-refractivity contribution in [2.75, 3.05) is 0 Å². The first kappa shape index (κ1) is 20.0. The van der Waals surface area contributed by atoms with E-state index in [0.717, 1.165) is 10.0 Å². The predicted octanol–water partition coefficient (Wildman–Crippen LogP) is 4.48. The van der Waals surface area contributed by atoms with Gasteiger partial charge in [0.1, 0.15) is 0 Å². The highest BCUT2D eigenvalue weighted by molar-refractivity contribution is 9.10. The molecule has 0 aliphatic carbocycles. The highest BCUT2D eigenvalue weighted by Gasteiger charge is 2.41. The molecule has 3 aromatic carbocycles. The van der Waals surface area contributed by atoms with Crippen molar-refractivity contribution in [3.63, 3.8) is 0 Å². The summed E-state index contributed by atoms with van der Waals surface area (Å²) in [4.78, 5) is 13.0. The monoisotopic (exact) mass is 464 g/mol. The summed E-state index contributed by atoms with van der Waals surface area (Å²) >= 11 is 3.37. The Bertz CT molecular complexity index is 1090. The molecule has 30 heavy (non-hydrogen) atoms. The zero-order valence-corrected chi connectivity index (χ0v) is 17.3. The fourth-order valence-electron chi connectivity index (χ4n) is 3.01. The number of aliphatic hydroxyl groups is 1. The molecule has 150 valence electrons. The Morgan fingerprint density at radius 1 is 0.900 bits per heavy atom. The van der Waals surface area contributed by atoms with Gasteiger partial charge < -0.3 is 14.3 Å². The number of esters is 1. The lowest BCUT2D eigenvalue weighted by Crippen LogP contribution is -2.38. The number of hydrogen-bond donors (Lipinski definition) is 1. The van der Waals surface area contributed by atoms with Gasteiger partial charge in [-0.2, -0.15) is 0 Å². The van der Waals surface area contributed by atoms with Gasteiger partial charge in [-0.05, 0) is 35.4 Å². The quantitative estimate of drug-likeness (QED) is 0.423. The molecule has 1 aromatic heterocycles. The van der Waals surface area contributed by atoms with Gasteiger partial charge in [-0.15, -0.1) is 10.2 Å². The molecular formula is C23H17BrN2O4. The molecule has 0 fully saturated rings. The molecule has 0 spiro atoms.